The summed E-state index contributed by atoms with van der Waals surface area (Å²) < 4.78 is 0. The summed E-state index contributed by atoms with van der Waals surface area (Å²) >= 11 is 1.65. The molecule has 2 aromatic rings. The predicted octanol–water partition coefficient (Wildman–Crippen LogP) is 3.81. The van der Waals surface area contributed by atoms with Crippen molar-refractivity contribution in [2.45, 2.75) is 26.8 Å². The van der Waals surface area contributed by atoms with Crippen LogP contribution in [0.2, 0.25) is 0 Å². The molecule has 2 rings (SSSR count). The zero-order chi connectivity index (χ0) is 14.4. The predicted molar refractivity (Wildman–Crippen MR) is 85.4 cm³/mol. The van der Waals surface area contributed by atoms with Crippen molar-refractivity contribution < 1.29 is 4.79 Å². The maximum absolute atomic E-state index is 12.3. The molecule has 0 unspecified atom stereocenters. The number of hydrogen-bond donors (Lipinski definition) is 2. The average molecular weight is 288 g/mol. The molecule has 0 fully saturated rings. The van der Waals surface area contributed by atoms with E-state index in [1.165, 1.54) is 0 Å². The number of thiophene rings is 1. The third-order valence-electron chi connectivity index (χ3n) is 2.99. The molecule has 2 N–H and O–H groups in total. The van der Waals surface area contributed by atoms with Gasteiger partial charge in [-0.25, -0.2) is 0 Å². The summed E-state index contributed by atoms with van der Waals surface area (Å²) in [5.41, 5.74) is 2.77. The number of nitrogens with one attached hydrogen (secondary N) is 2. The summed E-state index contributed by atoms with van der Waals surface area (Å²) in [5, 5.41) is 8.30. The number of benzene rings is 1. The van der Waals surface area contributed by atoms with Crippen LogP contribution >= 0.6 is 11.3 Å². The highest BCUT2D eigenvalue weighted by Gasteiger charge is 2.11. The Morgan fingerprint density at radius 3 is 2.85 bits per heavy atom. The second-order valence-corrected chi connectivity index (χ2v) is 5.77. The fourth-order valence-corrected chi connectivity index (χ4v) is 2.58. The minimum absolute atomic E-state index is 0.0306. The second kappa shape index (κ2) is 7.10. The standard InChI is InChI=1S/C16H20N2OS/c1-3-8-17-15-10-12(2)6-7-14(15)16(19)18-11-13-5-4-9-20-13/h4-7,9-10,17H,3,8,11H2,1-2H3,(H,18,19). The summed E-state index contributed by atoms with van der Waals surface area (Å²) in [4.78, 5) is 13.4. The van der Waals surface area contributed by atoms with Crippen molar-refractivity contribution in [1.29, 1.82) is 0 Å². The van der Waals surface area contributed by atoms with Crippen molar-refractivity contribution >= 4 is 22.9 Å². The van der Waals surface area contributed by atoms with E-state index in [4.69, 9.17) is 0 Å². The Kier molecular flexibility index (Phi) is 5.18. The van der Waals surface area contributed by atoms with Gasteiger partial charge in [0.05, 0.1) is 12.1 Å². The Morgan fingerprint density at radius 1 is 1.30 bits per heavy atom. The summed E-state index contributed by atoms with van der Waals surface area (Å²) in [5.74, 6) is -0.0306. The highest BCUT2D eigenvalue weighted by atomic mass is 32.1. The zero-order valence-electron chi connectivity index (χ0n) is 11.9. The lowest BCUT2D eigenvalue weighted by Gasteiger charge is -2.12. The molecule has 0 bridgehead atoms. The van der Waals surface area contributed by atoms with E-state index in [1.807, 2.05) is 42.6 Å². The van der Waals surface area contributed by atoms with Crippen LogP contribution < -0.4 is 10.6 Å². The normalized spacial score (nSPS) is 10.3. The number of rotatable bonds is 6. The van der Waals surface area contributed by atoms with Crippen LogP contribution in [0.1, 0.15) is 34.1 Å². The number of hydrogen-bond acceptors (Lipinski definition) is 3. The van der Waals surface area contributed by atoms with Gasteiger partial charge in [-0.05, 0) is 42.5 Å². The highest BCUT2D eigenvalue weighted by molar-refractivity contribution is 7.09. The van der Waals surface area contributed by atoms with Crippen LogP contribution in [0.15, 0.2) is 35.7 Å². The van der Waals surface area contributed by atoms with Gasteiger partial charge < -0.3 is 10.6 Å². The Hall–Kier alpha value is -1.81. The number of carbonyl (C=O) groups is 1. The van der Waals surface area contributed by atoms with Crippen LogP contribution in [-0.4, -0.2) is 12.5 Å². The van der Waals surface area contributed by atoms with Crippen LogP contribution in [0.5, 0.6) is 0 Å². The van der Waals surface area contributed by atoms with Crippen molar-refractivity contribution in [1.82, 2.24) is 5.32 Å². The largest absolute Gasteiger partial charge is 0.384 e. The SMILES string of the molecule is CCCNc1cc(C)ccc1C(=O)NCc1cccs1. The van der Waals surface area contributed by atoms with E-state index in [1.54, 1.807) is 11.3 Å². The van der Waals surface area contributed by atoms with Crippen LogP contribution in [0.3, 0.4) is 0 Å². The van der Waals surface area contributed by atoms with Gasteiger partial charge in [-0.2, -0.15) is 0 Å². The fourth-order valence-electron chi connectivity index (χ4n) is 1.94. The van der Waals surface area contributed by atoms with Gasteiger partial charge in [-0.1, -0.05) is 19.1 Å². The molecule has 0 spiro atoms. The van der Waals surface area contributed by atoms with Gasteiger partial charge in [0.2, 0.25) is 0 Å². The molecule has 0 aliphatic heterocycles. The Morgan fingerprint density at radius 2 is 2.15 bits per heavy atom. The van der Waals surface area contributed by atoms with E-state index >= 15 is 0 Å². The Labute approximate surface area is 124 Å². The van der Waals surface area contributed by atoms with Crippen molar-refractivity contribution in [2.24, 2.45) is 0 Å². The Bertz CT molecular complexity index is 564. The quantitative estimate of drug-likeness (QED) is 0.848. The third kappa shape index (κ3) is 3.84. The lowest BCUT2D eigenvalue weighted by atomic mass is 10.1. The monoisotopic (exact) mass is 288 g/mol. The molecule has 0 saturated carbocycles. The molecule has 1 aromatic carbocycles. The summed E-state index contributed by atoms with van der Waals surface area (Å²) in [6, 6.07) is 9.90. The minimum atomic E-state index is -0.0306. The first kappa shape index (κ1) is 14.6. The molecule has 3 nitrogen and oxygen atoms in total. The van der Waals surface area contributed by atoms with Crippen molar-refractivity contribution in [2.75, 3.05) is 11.9 Å². The molecule has 0 atom stereocenters. The number of amides is 1. The van der Waals surface area contributed by atoms with E-state index in [-0.39, 0.29) is 5.91 Å². The first-order chi connectivity index (χ1) is 9.70. The maximum Gasteiger partial charge on any atom is 0.253 e. The fraction of sp³-hybridized carbons (Fsp3) is 0.312. The minimum Gasteiger partial charge on any atom is -0.384 e. The van der Waals surface area contributed by atoms with Crippen molar-refractivity contribution in [3.05, 3.63) is 51.7 Å². The van der Waals surface area contributed by atoms with Crippen molar-refractivity contribution in [3.8, 4) is 0 Å². The van der Waals surface area contributed by atoms with Crippen LogP contribution in [-0.2, 0) is 6.54 Å². The smallest absolute Gasteiger partial charge is 0.253 e. The number of carbonyl (C=O) groups excluding carboxylic acids is 1. The van der Waals surface area contributed by atoms with Gasteiger partial charge in [-0.15, -0.1) is 11.3 Å². The van der Waals surface area contributed by atoms with E-state index in [0.29, 0.717) is 12.1 Å². The molecule has 0 aliphatic rings. The summed E-state index contributed by atoms with van der Waals surface area (Å²) in [6.45, 7) is 5.59. The zero-order valence-corrected chi connectivity index (χ0v) is 12.7. The first-order valence-electron chi connectivity index (χ1n) is 6.86. The molecule has 20 heavy (non-hydrogen) atoms. The van der Waals surface area contributed by atoms with Gasteiger partial charge in [0.1, 0.15) is 0 Å². The molecule has 1 amide bonds. The third-order valence-corrected chi connectivity index (χ3v) is 3.86. The van der Waals surface area contributed by atoms with Crippen LogP contribution in [0.4, 0.5) is 5.69 Å². The lowest BCUT2D eigenvalue weighted by Crippen LogP contribution is -2.23. The topological polar surface area (TPSA) is 41.1 Å². The molecular weight excluding hydrogens is 268 g/mol. The second-order valence-electron chi connectivity index (χ2n) is 4.74. The maximum atomic E-state index is 12.3. The molecule has 1 heterocycles. The molecule has 0 saturated heterocycles. The van der Waals surface area contributed by atoms with Gasteiger partial charge in [0, 0.05) is 17.1 Å². The Balaban J connectivity index is 2.07. The van der Waals surface area contributed by atoms with Crippen LogP contribution in [0.25, 0.3) is 0 Å². The molecule has 1 aromatic heterocycles. The lowest BCUT2D eigenvalue weighted by molar-refractivity contribution is 0.0952. The summed E-state index contributed by atoms with van der Waals surface area (Å²) in [7, 11) is 0. The molecule has 0 aliphatic carbocycles. The molecule has 4 heteroatoms. The highest BCUT2D eigenvalue weighted by Crippen LogP contribution is 2.18. The first-order valence-corrected chi connectivity index (χ1v) is 7.73. The molecule has 0 radical (unpaired) electrons. The molecular formula is C16H20N2OS. The van der Waals surface area contributed by atoms with E-state index in [0.717, 1.165) is 29.1 Å². The average Bonchev–Trinajstić information content (AvgIpc) is 2.96. The van der Waals surface area contributed by atoms with Gasteiger partial charge >= 0.3 is 0 Å². The number of aryl methyl sites for hydroxylation is 1. The van der Waals surface area contributed by atoms with Gasteiger partial charge in [-0.3, -0.25) is 4.79 Å². The van der Waals surface area contributed by atoms with Crippen molar-refractivity contribution in [3.63, 3.8) is 0 Å². The molecule has 106 valence electrons. The van der Waals surface area contributed by atoms with Gasteiger partial charge in [0.15, 0.2) is 0 Å². The van der Waals surface area contributed by atoms with E-state index < -0.39 is 0 Å². The van der Waals surface area contributed by atoms with E-state index in [9.17, 15) is 4.79 Å². The number of anilines is 1. The van der Waals surface area contributed by atoms with E-state index in [2.05, 4.69) is 17.6 Å². The summed E-state index contributed by atoms with van der Waals surface area (Å²) in [6.07, 6.45) is 1.03. The van der Waals surface area contributed by atoms with Crippen LogP contribution in [0, 0.1) is 6.92 Å². The van der Waals surface area contributed by atoms with Gasteiger partial charge in [0.25, 0.3) is 5.91 Å².